The topological polar surface area (TPSA) is 0 Å². The quantitative estimate of drug-likeness (QED) is 0.168. The Morgan fingerprint density at radius 2 is 1.34 bits per heavy atom. The molecule has 3 aromatic carbocycles. The fraction of sp³-hybridized carbons (Fsp3) is 0.514. The van der Waals surface area contributed by atoms with E-state index in [1.165, 1.54) is 94.6 Å². The first-order valence-electron chi connectivity index (χ1n) is 15.5. The summed E-state index contributed by atoms with van der Waals surface area (Å²) in [6.07, 6.45) is 19.9. The van der Waals surface area contributed by atoms with Gasteiger partial charge >= 0.3 is 0 Å². The normalized spacial score (nSPS) is 17.3. The number of hydrogen-bond donors (Lipinski definition) is 0. The Balaban J connectivity index is 1.27. The van der Waals surface area contributed by atoms with Gasteiger partial charge in [-0.2, -0.15) is 0 Å². The van der Waals surface area contributed by atoms with E-state index in [0.717, 1.165) is 35.6 Å². The van der Waals surface area contributed by atoms with Crippen molar-refractivity contribution in [2.24, 2.45) is 11.8 Å². The Kier molecular flexibility index (Phi) is 11.3. The minimum atomic E-state index is -0.206. The van der Waals surface area contributed by atoms with Crippen LogP contribution >= 0.6 is 0 Å². The van der Waals surface area contributed by atoms with Gasteiger partial charge in [-0.1, -0.05) is 133 Å². The minimum Gasteiger partial charge on any atom is -0.205 e. The van der Waals surface area contributed by atoms with Crippen molar-refractivity contribution in [3.05, 3.63) is 82.7 Å². The van der Waals surface area contributed by atoms with Crippen LogP contribution in [-0.4, -0.2) is 0 Å². The Bertz CT molecular complexity index is 1190. The Labute approximate surface area is 231 Å². The van der Waals surface area contributed by atoms with Crippen LogP contribution in [0.15, 0.2) is 54.6 Å². The molecule has 0 radical (unpaired) electrons. The maximum Gasteiger partial charge on any atom is 0.146 e. The van der Waals surface area contributed by atoms with Crippen molar-refractivity contribution in [2.75, 3.05) is 0 Å². The van der Waals surface area contributed by atoms with Crippen LogP contribution < -0.4 is 0 Å². The third kappa shape index (κ3) is 8.46. The lowest BCUT2D eigenvalue weighted by molar-refractivity contribution is 0.249. The van der Waals surface area contributed by atoms with Crippen LogP contribution in [0, 0.1) is 29.5 Å². The molecule has 0 atom stereocenters. The predicted octanol–water partition coefficient (Wildman–Crippen LogP) is 10.8. The van der Waals surface area contributed by atoms with Gasteiger partial charge in [-0.25, -0.2) is 4.39 Å². The Morgan fingerprint density at radius 1 is 0.658 bits per heavy atom. The summed E-state index contributed by atoms with van der Waals surface area (Å²) in [6, 6.07) is 18.6. The number of unbranched alkanes of at least 4 members (excludes halogenated alkanes) is 5. The number of aryl methyl sites for hydroxylation is 2. The van der Waals surface area contributed by atoms with Gasteiger partial charge in [-0.15, -0.1) is 0 Å². The molecule has 0 N–H and O–H groups in total. The van der Waals surface area contributed by atoms with Crippen molar-refractivity contribution in [1.82, 2.24) is 0 Å². The molecule has 0 saturated heterocycles. The third-order valence-electron chi connectivity index (χ3n) is 8.66. The first kappa shape index (κ1) is 28.4. The number of fused-ring (bicyclic) bond motifs is 1. The summed E-state index contributed by atoms with van der Waals surface area (Å²) < 4.78 is 15.2. The van der Waals surface area contributed by atoms with Crippen LogP contribution in [0.3, 0.4) is 0 Å². The molecule has 1 saturated carbocycles. The van der Waals surface area contributed by atoms with E-state index in [2.05, 4.69) is 62.1 Å². The van der Waals surface area contributed by atoms with E-state index in [0.29, 0.717) is 10.9 Å². The lowest BCUT2D eigenvalue weighted by Crippen LogP contribution is -2.15. The monoisotopic (exact) mass is 510 g/mol. The molecule has 0 bridgehead atoms. The number of halogens is 1. The molecule has 4 rings (SSSR count). The highest BCUT2D eigenvalue weighted by Crippen LogP contribution is 2.34. The number of hydrogen-bond acceptors (Lipinski definition) is 0. The summed E-state index contributed by atoms with van der Waals surface area (Å²) in [7, 11) is 0. The van der Waals surface area contributed by atoms with Gasteiger partial charge < -0.3 is 0 Å². The van der Waals surface area contributed by atoms with E-state index in [1.54, 1.807) is 0 Å². The molecule has 1 fully saturated rings. The molecule has 0 nitrogen and oxygen atoms in total. The van der Waals surface area contributed by atoms with Gasteiger partial charge in [0, 0.05) is 10.9 Å². The number of rotatable bonds is 12. The van der Waals surface area contributed by atoms with Crippen LogP contribution in [-0.2, 0) is 12.8 Å². The van der Waals surface area contributed by atoms with E-state index < -0.39 is 0 Å². The average Bonchev–Trinajstić information content (AvgIpc) is 2.95. The molecule has 202 valence electrons. The summed E-state index contributed by atoms with van der Waals surface area (Å²) in [6.45, 7) is 4.51. The third-order valence-corrected chi connectivity index (χ3v) is 8.66. The van der Waals surface area contributed by atoms with Crippen molar-refractivity contribution in [3.63, 3.8) is 0 Å². The van der Waals surface area contributed by atoms with Gasteiger partial charge in [0.25, 0.3) is 0 Å². The predicted molar refractivity (Wildman–Crippen MR) is 162 cm³/mol. The summed E-state index contributed by atoms with van der Waals surface area (Å²) in [4.78, 5) is 0. The van der Waals surface area contributed by atoms with E-state index in [1.807, 2.05) is 18.2 Å². The molecule has 0 spiro atoms. The summed E-state index contributed by atoms with van der Waals surface area (Å²) in [5.74, 6) is 7.94. The second-order valence-corrected chi connectivity index (χ2v) is 11.7. The van der Waals surface area contributed by atoms with E-state index >= 15 is 4.39 Å². The van der Waals surface area contributed by atoms with Crippen LogP contribution in [0.25, 0.3) is 10.8 Å². The van der Waals surface area contributed by atoms with Gasteiger partial charge in [0.05, 0.1) is 5.56 Å². The Hall–Kier alpha value is -2.59. The molecule has 0 heterocycles. The summed E-state index contributed by atoms with van der Waals surface area (Å²) in [5, 5.41) is 1.63. The fourth-order valence-corrected chi connectivity index (χ4v) is 6.11. The molecule has 3 aromatic rings. The highest BCUT2D eigenvalue weighted by Gasteiger charge is 2.20. The Morgan fingerprint density at radius 3 is 2.08 bits per heavy atom. The fourth-order valence-electron chi connectivity index (χ4n) is 6.11. The van der Waals surface area contributed by atoms with Crippen LogP contribution in [0.4, 0.5) is 4.39 Å². The standard InChI is InChI=1S/C37H47F/c1-3-5-7-9-10-29-12-14-30(15-13-29)16-17-31-18-20-32(21-19-31)22-24-34-25-26-35-28-33(11-8-6-4-2)23-27-36(35)37(34)38/h18-21,23,25-30H,3-17H2,1-2H3. The second-order valence-electron chi connectivity index (χ2n) is 11.7. The molecular formula is C37H47F. The lowest BCUT2D eigenvalue weighted by atomic mass is 9.77. The van der Waals surface area contributed by atoms with E-state index in [4.69, 9.17) is 0 Å². The molecule has 1 aliphatic rings. The minimum absolute atomic E-state index is 0.206. The SMILES string of the molecule is CCCCCCC1CCC(CCc2ccc(C#Cc3ccc4cc(CCCCC)ccc4c3F)cc2)CC1. The van der Waals surface area contributed by atoms with Gasteiger partial charge in [0.15, 0.2) is 0 Å². The van der Waals surface area contributed by atoms with Crippen molar-refractivity contribution in [3.8, 4) is 11.8 Å². The zero-order valence-electron chi connectivity index (χ0n) is 23.8. The molecule has 0 aliphatic heterocycles. The average molecular weight is 511 g/mol. The summed E-state index contributed by atoms with van der Waals surface area (Å²) in [5.41, 5.74) is 4.10. The van der Waals surface area contributed by atoms with Crippen LogP contribution in [0.1, 0.15) is 120 Å². The van der Waals surface area contributed by atoms with Crippen LogP contribution in [0.2, 0.25) is 0 Å². The van der Waals surface area contributed by atoms with Crippen LogP contribution in [0.5, 0.6) is 0 Å². The first-order chi connectivity index (χ1) is 18.7. The molecule has 38 heavy (non-hydrogen) atoms. The highest BCUT2D eigenvalue weighted by atomic mass is 19.1. The van der Waals surface area contributed by atoms with Crippen molar-refractivity contribution >= 4 is 10.8 Å². The van der Waals surface area contributed by atoms with Gasteiger partial charge in [0.1, 0.15) is 5.82 Å². The molecule has 1 aliphatic carbocycles. The maximum absolute atomic E-state index is 15.2. The second kappa shape index (κ2) is 15.1. The zero-order chi connectivity index (χ0) is 26.6. The molecule has 0 unspecified atom stereocenters. The van der Waals surface area contributed by atoms with Crippen molar-refractivity contribution < 1.29 is 4.39 Å². The first-order valence-corrected chi connectivity index (χ1v) is 15.5. The molecule has 0 amide bonds. The summed E-state index contributed by atoms with van der Waals surface area (Å²) >= 11 is 0. The lowest BCUT2D eigenvalue weighted by Gasteiger charge is -2.28. The van der Waals surface area contributed by atoms with Crippen molar-refractivity contribution in [1.29, 1.82) is 0 Å². The van der Waals surface area contributed by atoms with Crippen molar-refractivity contribution in [2.45, 2.75) is 110 Å². The molecule has 1 heteroatoms. The largest absolute Gasteiger partial charge is 0.205 e. The number of benzene rings is 3. The van der Waals surface area contributed by atoms with Gasteiger partial charge in [0.2, 0.25) is 0 Å². The smallest absolute Gasteiger partial charge is 0.146 e. The van der Waals surface area contributed by atoms with E-state index in [9.17, 15) is 0 Å². The maximum atomic E-state index is 15.2. The molecular weight excluding hydrogens is 463 g/mol. The van der Waals surface area contributed by atoms with E-state index in [-0.39, 0.29) is 5.82 Å². The zero-order valence-corrected chi connectivity index (χ0v) is 23.8. The van der Waals surface area contributed by atoms with Gasteiger partial charge in [-0.05, 0) is 72.2 Å². The molecule has 0 aromatic heterocycles. The highest BCUT2D eigenvalue weighted by molar-refractivity contribution is 5.85. The van der Waals surface area contributed by atoms with Gasteiger partial charge in [-0.3, -0.25) is 0 Å².